The first-order chi connectivity index (χ1) is 17.0. The van der Waals surface area contributed by atoms with Crippen LogP contribution in [0.1, 0.15) is 22.8 Å². The Morgan fingerprint density at radius 1 is 1.00 bits per heavy atom. The molecule has 2 aromatic heterocycles. The van der Waals surface area contributed by atoms with Gasteiger partial charge in [0.25, 0.3) is 0 Å². The number of aromatic nitrogens is 3. The number of para-hydroxylation sites is 1. The molecule has 7 nitrogen and oxygen atoms in total. The Kier molecular flexibility index (Phi) is 6.51. The number of anilines is 2. The van der Waals surface area contributed by atoms with Crippen molar-refractivity contribution in [2.75, 3.05) is 42.6 Å². The van der Waals surface area contributed by atoms with Crippen LogP contribution in [0, 0.1) is 6.92 Å². The number of carbonyl (C=O) groups is 1. The highest BCUT2D eigenvalue weighted by molar-refractivity contribution is 6.30. The summed E-state index contributed by atoms with van der Waals surface area (Å²) in [6.07, 6.45) is 1.56. The molecule has 0 atom stereocenters. The van der Waals surface area contributed by atoms with Crippen LogP contribution in [0.25, 0.3) is 22.3 Å². The molecule has 0 amide bonds. The molecule has 1 saturated heterocycles. The van der Waals surface area contributed by atoms with Crippen LogP contribution in [0.15, 0.2) is 60.8 Å². The third kappa shape index (κ3) is 4.77. The number of halogens is 1. The average molecular weight is 488 g/mol. The van der Waals surface area contributed by atoms with E-state index in [9.17, 15) is 4.79 Å². The van der Waals surface area contributed by atoms with Crippen molar-refractivity contribution in [3.63, 3.8) is 0 Å². The number of hydrogen-bond donors (Lipinski definition) is 0. The van der Waals surface area contributed by atoms with E-state index in [1.165, 1.54) is 10.9 Å². The number of piperazine rings is 1. The molecule has 1 aliphatic heterocycles. The smallest absolute Gasteiger partial charge is 0.343 e. The Bertz CT molecular complexity index is 1370. The van der Waals surface area contributed by atoms with Crippen LogP contribution in [0.4, 0.5) is 11.6 Å². The molecule has 8 heteroatoms. The lowest BCUT2D eigenvalue weighted by Crippen LogP contribution is -2.47. The number of carbonyl (C=O) groups excluding carboxylic acids is 1. The van der Waals surface area contributed by atoms with Crippen molar-refractivity contribution in [1.29, 1.82) is 0 Å². The van der Waals surface area contributed by atoms with E-state index in [0.29, 0.717) is 35.3 Å². The van der Waals surface area contributed by atoms with E-state index in [2.05, 4.69) is 33.8 Å². The zero-order valence-electron chi connectivity index (χ0n) is 19.7. The number of pyridine rings is 1. The second-order valence-corrected chi connectivity index (χ2v) is 8.88. The van der Waals surface area contributed by atoms with Crippen LogP contribution in [0.2, 0.25) is 5.02 Å². The monoisotopic (exact) mass is 487 g/mol. The standard InChI is InChI=1S/C27H26ClN5O2/c1-3-35-27(34)22-17-29-25(19-8-10-20(28)11-9-19)31-26(22)33-14-12-32(13-15-33)24-16-18(2)21-6-4-5-7-23(21)30-24/h4-11,16-17H,3,12-15H2,1-2H3. The highest BCUT2D eigenvalue weighted by atomic mass is 35.5. The zero-order chi connectivity index (χ0) is 24.4. The Labute approximate surface area is 209 Å². The third-order valence-corrected chi connectivity index (χ3v) is 6.43. The maximum atomic E-state index is 12.7. The number of rotatable bonds is 5. The molecule has 1 fully saturated rings. The molecule has 0 unspecified atom stereocenters. The fourth-order valence-corrected chi connectivity index (χ4v) is 4.47. The first-order valence-electron chi connectivity index (χ1n) is 11.7. The number of esters is 1. The second kappa shape index (κ2) is 9.88. The largest absolute Gasteiger partial charge is 0.462 e. The Morgan fingerprint density at radius 2 is 1.71 bits per heavy atom. The third-order valence-electron chi connectivity index (χ3n) is 6.18. The average Bonchev–Trinajstić information content (AvgIpc) is 2.89. The lowest BCUT2D eigenvalue weighted by atomic mass is 10.1. The van der Waals surface area contributed by atoms with Crippen molar-refractivity contribution in [3.05, 3.63) is 76.9 Å². The molecule has 1 aliphatic rings. The number of aryl methyl sites for hydroxylation is 1. The van der Waals surface area contributed by atoms with Gasteiger partial charge in [0.05, 0.1) is 12.1 Å². The summed E-state index contributed by atoms with van der Waals surface area (Å²) in [6.45, 7) is 7.10. The van der Waals surface area contributed by atoms with E-state index in [1.54, 1.807) is 25.3 Å². The fraction of sp³-hybridized carbons (Fsp3) is 0.259. The summed E-state index contributed by atoms with van der Waals surface area (Å²) >= 11 is 6.04. The van der Waals surface area contributed by atoms with Gasteiger partial charge in [-0.3, -0.25) is 0 Å². The van der Waals surface area contributed by atoms with Crippen LogP contribution in [0.5, 0.6) is 0 Å². The summed E-state index contributed by atoms with van der Waals surface area (Å²) in [6, 6.07) is 17.7. The van der Waals surface area contributed by atoms with Crippen LogP contribution < -0.4 is 9.80 Å². The van der Waals surface area contributed by atoms with Gasteiger partial charge in [-0.25, -0.2) is 19.7 Å². The van der Waals surface area contributed by atoms with Crippen molar-refractivity contribution in [1.82, 2.24) is 15.0 Å². The molecule has 0 bridgehead atoms. The molecule has 3 heterocycles. The first-order valence-corrected chi connectivity index (χ1v) is 12.1. The topological polar surface area (TPSA) is 71.5 Å². The Hall–Kier alpha value is -3.71. The lowest BCUT2D eigenvalue weighted by Gasteiger charge is -2.36. The number of fused-ring (bicyclic) bond motifs is 1. The summed E-state index contributed by atoms with van der Waals surface area (Å²) in [4.78, 5) is 31.2. The van der Waals surface area contributed by atoms with Crippen LogP contribution in [0.3, 0.4) is 0 Å². The van der Waals surface area contributed by atoms with E-state index >= 15 is 0 Å². The molecule has 2 aromatic carbocycles. The van der Waals surface area contributed by atoms with Gasteiger partial charge in [-0.15, -0.1) is 0 Å². The second-order valence-electron chi connectivity index (χ2n) is 8.45. The summed E-state index contributed by atoms with van der Waals surface area (Å²) in [5.74, 6) is 1.68. The minimum Gasteiger partial charge on any atom is -0.462 e. The highest BCUT2D eigenvalue weighted by Gasteiger charge is 2.25. The van der Waals surface area contributed by atoms with Crippen molar-refractivity contribution in [2.24, 2.45) is 0 Å². The minimum atomic E-state index is -0.417. The minimum absolute atomic E-state index is 0.290. The predicted octanol–water partition coefficient (Wildman–Crippen LogP) is 5.16. The zero-order valence-corrected chi connectivity index (χ0v) is 20.5. The molecule has 5 rings (SSSR count). The van der Waals surface area contributed by atoms with Crippen LogP contribution in [-0.4, -0.2) is 53.7 Å². The SMILES string of the molecule is CCOC(=O)c1cnc(-c2ccc(Cl)cc2)nc1N1CCN(c2cc(C)c3ccccc3n2)CC1. The number of ether oxygens (including phenoxy) is 1. The van der Waals surface area contributed by atoms with Crippen LogP contribution >= 0.6 is 11.6 Å². The fourth-order valence-electron chi connectivity index (χ4n) is 4.35. The van der Waals surface area contributed by atoms with Gasteiger partial charge in [-0.1, -0.05) is 29.8 Å². The maximum absolute atomic E-state index is 12.7. The van der Waals surface area contributed by atoms with Crippen LogP contribution in [-0.2, 0) is 4.74 Å². The number of nitrogens with zero attached hydrogens (tertiary/aromatic N) is 5. The molecule has 0 N–H and O–H groups in total. The maximum Gasteiger partial charge on any atom is 0.343 e. The number of hydrogen-bond acceptors (Lipinski definition) is 7. The van der Waals surface area contributed by atoms with Gasteiger partial charge >= 0.3 is 5.97 Å². The quantitative estimate of drug-likeness (QED) is 0.360. The lowest BCUT2D eigenvalue weighted by molar-refractivity contribution is 0.0526. The van der Waals surface area contributed by atoms with Gasteiger partial charge in [0.15, 0.2) is 5.82 Å². The predicted molar refractivity (Wildman–Crippen MR) is 139 cm³/mol. The van der Waals surface area contributed by atoms with E-state index < -0.39 is 5.97 Å². The first kappa shape index (κ1) is 23.1. The molecular formula is C27H26ClN5O2. The molecule has 4 aromatic rings. The van der Waals surface area contributed by atoms with Gasteiger partial charge < -0.3 is 14.5 Å². The molecule has 0 spiro atoms. The van der Waals surface area contributed by atoms with E-state index in [0.717, 1.165) is 30.0 Å². The molecule has 178 valence electrons. The van der Waals surface area contributed by atoms with Crippen molar-refractivity contribution in [3.8, 4) is 11.4 Å². The van der Waals surface area contributed by atoms with Gasteiger partial charge in [-0.05, 0) is 55.8 Å². The van der Waals surface area contributed by atoms with Crippen molar-refractivity contribution >= 4 is 40.1 Å². The molecule has 35 heavy (non-hydrogen) atoms. The molecule has 0 aliphatic carbocycles. The summed E-state index contributed by atoms with van der Waals surface area (Å²) in [5.41, 5.74) is 3.41. The van der Waals surface area contributed by atoms with Gasteiger partial charge in [-0.2, -0.15) is 0 Å². The summed E-state index contributed by atoms with van der Waals surface area (Å²) < 4.78 is 5.28. The molecular weight excluding hydrogens is 462 g/mol. The highest BCUT2D eigenvalue weighted by Crippen LogP contribution is 2.27. The normalized spacial score (nSPS) is 13.8. The molecule has 0 radical (unpaired) electrons. The summed E-state index contributed by atoms with van der Waals surface area (Å²) in [5, 5.41) is 1.82. The van der Waals surface area contributed by atoms with Crippen molar-refractivity contribution < 1.29 is 9.53 Å². The Morgan fingerprint density at radius 3 is 2.46 bits per heavy atom. The van der Waals surface area contributed by atoms with Crippen molar-refractivity contribution in [2.45, 2.75) is 13.8 Å². The van der Waals surface area contributed by atoms with E-state index in [1.807, 2.05) is 30.3 Å². The summed E-state index contributed by atoms with van der Waals surface area (Å²) in [7, 11) is 0. The van der Waals surface area contributed by atoms with Gasteiger partial charge in [0.2, 0.25) is 0 Å². The van der Waals surface area contributed by atoms with E-state index in [4.69, 9.17) is 26.3 Å². The van der Waals surface area contributed by atoms with Gasteiger partial charge in [0.1, 0.15) is 17.2 Å². The van der Waals surface area contributed by atoms with E-state index in [-0.39, 0.29) is 6.61 Å². The number of benzene rings is 2. The van der Waals surface area contributed by atoms with Gasteiger partial charge in [0, 0.05) is 48.3 Å². The molecule has 0 saturated carbocycles. The Balaban J connectivity index is 1.42.